The van der Waals surface area contributed by atoms with Gasteiger partial charge in [-0.2, -0.15) is 5.10 Å². The molecule has 2 aromatic rings. The van der Waals surface area contributed by atoms with Crippen molar-refractivity contribution in [3.63, 3.8) is 0 Å². The van der Waals surface area contributed by atoms with Gasteiger partial charge in [-0.15, -0.1) is 0 Å². The van der Waals surface area contributed by atoms with Gasteiger partial charge < -0.3 is 10.1 Å². The van der Waals surface area contributed by atoms with Gasteiger partial charge in [-0.05, 0) is 19.3 Å². The van der Waals surface area contributed by atoms with Crippen molar-refractivity contribution in [1.82, 2.24) is 19.7 Å². The van der Waals surface area contributed by atoms with Crippen molar-refractivity contribution in [3.8, 4) is 0 Å². The fourth-order valence-corrected chi connectivity index (χ4v) is 2.05. The molecule has 3 rings (SSSR count). The van der Waals surface area contributed by atoms with Gasteiger partial charge in [0.1, 0.15) is 12.4 Å². The maximum Gasteiger partial charge on any atom is 0.163 e. The Morgan fingerprint density at radius 1 is 1.44 bits per heavy atom. The Kier molecular flexibility index (Phi) is 2.87. The van der Waals surface area contributed by atoms with Crippen LogP contribution in [-0.2, 0) is 18.4 Å². The Morgan fingerprint density at radius 3 is 2.94 bits per heavy atom. The number of hydrogen-bond acceptors (Lipinski definition) is 5. The third kappa shape index (κ3) is 1.92. The van der Waals surface area contributed by atoms with Crippen LogP contribution in [0.1, 0.15) is 25.1 Å². The van der Waals surface area contributed by atoms with Gasteiger partial charge in [0.05, 0.1) is 17.7 Å². The van der Waals surface area contributed by atoms with Crippen LogP contribution in [0.15, 0.2) is 6.20 Å². The lowest BCUT2D eigenvalue weighted by Crippen LogP contribution is -2.21. The second-order valence-electron chi connectivity index (χ2n) is 4.61. The summed E-state index contributed by atoms with van der Waals surface area (Å²) >= 11 is 0. The maximum atomic E-state index is 5.75. The molecular weight excluding hydrogens is 230 g/mol. The SMILES string of the molecule is CNc1nc(COC2CCC2)nc2c1cnn2C. The molecule has 2 heterocycles. The van der Waals surface area contributed by atoms with Crippen molar-refractivity contribution in [2.75, 3.05) is 12.4 Å². The van der Waals surface area contributed by atoms with Crippen molar-refractivity contribution < 1.29 is 4.74 Å². The molecule has 18 heavy (non-hydrogen) atoms. The van der Waals surface area contributed by atoms with E-state index in [1.165, 1.54) is 6.42 Å². The van der Waals surface area contributed by atoms with E-state index >= 15 is 0 Å². The highest BCUT2D eigenvalue weighted by molar-refractivity contribution is 5.86. The molecular formula is C12H17N5O. The lowest BCUT2D eigenvalue weighted by molar-refractivity contribution is -0.0115. The maximum absolute atomic E-state index is 5.75. The quantitative estimate of drug-likeness (QED) is 0.886. The van der Waals surface area contributed by atoms with Gasteiger partial charge in [-0.25, -0.2) is 9.97 Å². The third-order valence-electron chi connectivity index (χ3n) is 3.38. The summed E-state index contributed by atoms with van der Waals surface area (Å²) in [6, 6.07) is 0. The summed E-state index contributed by atoms with van der Waals surface area (Å²) < 4.78 is 7.50. The monoisotopic (exact) mass is 247 g/mol. The van der Waals surface area contributed by atoms with Crippen molar-refractivity contribution >= 4 is 16.9 Å². The fourth-order valence-electron chi connectivity index (χ4n) is 2.05. The number of hydrogen-bond donors (Lipinski definition) is 1. The molecule has 1 fully saturated rings. The molecule has 0 amide bonds. The Hall–Kier alpha value is -1.69. The summed E-state index contributed by atoms with van der Waals surface area (Å²) in [4.78, 5) is 8.96. The molecule has 96 valence electrons. The predicted octanol–water partition coefficient (Wildman–Crippen LogP) is 1.47. The second-order valence-corrected chi connectivity index (χ2v) is 4.61. The highest BCUT2D eigenvalue weighted by Gasteiger charge is 2.19. The zero-order valence-electron chi connectivity index (χ0n) is 10.7. The first-order valence-electron chi connectivity index (χ1n) is 6.26. The average Bonchev–Trinajstić information content (AvgIpc) is 2.69. The Morgan fingerprint density at radius 2 is 2.28 bits per heavy atom. The normalized spacial score (nSPS) is 15.9. The number of nitrogens with one attached hydrogen (secondary N) is 1. The highest BCUT2D eigenvalue weighted by Crippen LogP contribution is 2.24. The van der Waals surface area contributed by atoms with E-state index in [0.29, 0.717) is 18.5 Å². The Balaban J connectivity index is 1.88. The van der Waals surface area contributed by atoms with Crippen LogP contribution in [0.25, 0.3) is 11.0 Å². The van der Waals surface area contributed by atoms with E-state index in [1.54, 1.807) is 10.9 Å². The van der Waals surface area contributed by atoms with Crippen molar-refractivity contribution in [2.24, 2.45) is 7.05 Å². The summed E-state index contributed by atoms with van der Waals surface area (Å²) in [6.07, 6.45) is 5.76. The minimum atomic E-state index is 0.397. The van der Waals surface area contributed by atoms with E-state index in [9.17, 15) is 0 Å². The van der Waals surface area contributed by atoms with Crippen molar-refractivity contribution in [3.05, 3.63) is 12.0 Å². The van der Waals surface area contributed by atoms with Crippen LogP contribution >= 0.6 is 0 Å². The highest BCUT2D eigenvalue weighted by atomic mass is 16.5. The van der Waals surface area contributed by atoms with Crippen LogP contribution in [-0.4, -0.2) is 32.9 Å². The number of aryl methyl sites for hydroxylation is 1. The molecule has 1 aliphatic rings. The van der Waals surface area contributed by atoms with Crippen LogP contribution < -0.4 is 5.32 Å². The summed E-state index contributed by atoms with van der Waals surface area (Å²) in [7, 11) is 3.73. The Labute approximate surface area is 105 Å². The first kappa shape index (κ1) is 11.4. The molecule has 0 saturated heterocycles. The number of fused-ring (bicyclic) bond motifs is 1. The minimum Gasteiger partial charge on any atom is -0.372 e. The summed E-state index contributed by atoms with van der Waals surface area (Å²) in [5.41, 5.74) is 0.835. The van der Waals surface area contributed by atoms with Crippen molar-refractivity contribution in [1.29, 1.82) is 0 Å². The smallest absolute Gasteiger partial charge is 0.163 e. The fraction of sp³-hybridized carbons (Fsp3) is 0.583. The van der Waals surface area contributed by atoms with Crippen LogP contribution in [0.4, 0.5) is 5.82 Å². The zero-order chi connectivity index (χ0) is 12.5. The van der Waals surface area contributed by atoms with E-state index in [2.05, 4.69) is 20.4 Å². The summed E-state index contributed by atoms with van der Waals surface area (Å²) in [5.74, 6) is 1.52. The van der Waals surface area contributed by atoms with Gasteiger partial charge in [0, 0.05) is 14.1 Å². The number of anilines is 1. The summed E-state index contributed by atoms with van der Waals surface area (Å²) in [5, 5.41) is 8.22. The standard InChI is InChI=1S/C12H17N5O/c1-13-11-9-6-14-17(2)12(9)16-10(15-11)7-18-8-4-3-5-8/h6,8H,3-5,7H2,1-2H3,(H,13,15,16). The van der Waals surface area contributed by atoms with E-state index in [1.807, 2.05) is 14.1 Å². The van der Waals surface area contributed by atoms with E-state index in [-0.39, 0.29) is 0 Å². The molecule has 0 aromatic carbocycles. The van der Waals surface area contributed by atoms with Gasteiger partial charge >= 0.3 is 0 Å². The molecule has 6 heteroatoms. The van der Waals surface area contributed by atoms with Crippen LogP contribution in [0.3, 0.4) is 0 Å². The minimum absolute atomic E-state index is 0.397. The molecule has 0 atom stereocenters. The van der Waals surface area contributed by atoms with Gasteiger partial charge in [-0.1, -0.05) is 0 Å². The number of aromatic nitrogens is 4. The summed E-state index contributed by atoms with van der Waals surface area (Å²) in [6.45, 7) is 0.473. The first-order valence-corrected chi connectivity index (χ1v) is 6.26. The predicted molar refractivity (Wildman–Crippen MR) is 68.3 cm³/mol. The van der Waals surface area contributed by atoms with E-state index in [4.69, 9.17) is 4.74 Å². The van der Waals surface area contributed by atoms with Gasteiger partial charge in [0.2, 0.25) is 0 Å². The molecule has 0 aliphatic heterocycles. The molecule has 1 N–H and O–H groups in total. The lowest BCUT2D eigenvalue weighted by Gasteiger charge is -2.25. The first-order chi connectivity index (χ1) is 8.78. The lowest BCUT2D eigenvalue weighted by atomic mass is 9.96. The molecule has 0 radical (unpaired) electrons. The van der Waals surface area contributed by atoms with Gasteiger partial charge in [0.25, 0.3) is 0 Å². The molecule has 1 aliphatic carbocycles. The second kappa shape index (κ2) is 4.53. The molecule has 0 unspecified atom stereocenters. The van der Waals surface area contributed by atoms with Crippen LogP contribution in [0.2, 0.25) is 0 Å². The largest absolute Gasteiger partial charge is 0.372 e. The number of rotatable bonds is 4. The Bertz CT molecular complexity index is 561. The topological polar surface area (TPSA) is 64.9 Å². The van der Waals surface area contributed by atoms with Crippen LogP contribution in [0, 0.1) is 0 Å². The molecule has 1 saturated carbocycles. The van der Waals surface area contributed by atoms with E-state index in [0.717, 1.165) is 29.7 Å². The van der Waals surface area contributed by atoms with Crippen molar-refractivity contribution in [2.45, 2.75) is 32.0 Å². The van der Waals surface area contributed by atoms with Gasteiger partial charge in [-0.3, -0.25) is 4.68 Å². The number of ether oxygens (including phenoxy) is 1. The third-order valence-corrected chi connectivity index (χ3v) is 3.38. The zero-order valence-corrected chi connectivity index (χ0v) is 10.7. The molecule has 6 nitrogen and oxygen atoms in total. The van der Waals surface area contributed by atoms with E-state index < -0.39 is 0 Å². The average molecular weight is 247 g/mol. The van der Waals surface area contributed by atoms with Gasteiger partial charge in [0.15, 0.2) is 11.5 Å². The molecule has 0 spiro atoms. The van der Waals surface area contributed by atoms with Crippen LogP contribution in [0.5, 0.6) is 0 Å². The molecule has 2 aromatic heterocycles. The number of nitrogens with zero attached hydrogens (tertiary/aromatic N) is 4. The molecule has 0 bridgehead atoms.